The maximum absolute atomic E-state index is 14.0. The molecule has 6 nitrogen and oxygen atoms in total. The van der Waals surface area contributed by atoms with Gasteiger partial charge >= 0.3 is 5.63 Å². The summed E-state index contributed by atoms with van der Waals surface area (Å²) in [6.45, 7) is 4.25. The Hall–Kier alpha value is -3.35. The van der Waals surface area contributed by atoms with Crippen molar-refractivity contribution in [2.24, 2.45) is 0 Å². The highest BCUT2D eigenvalue weighted by Gasteiger charge is 2.25. The number of piperazine rings is 1. The minimum atomic E-state index is -0.584. The molecule has 0 bridgehead atoms. The molecule has 0 saturated carbocycles. The van der Waals surface area contributed by atoms with Crippen LogP contribution < -0.4 is 15.3 Å². The highest BCUT2D eigenvalue weighted by Crippen LogP contribution is 2.25. The summed E-state index contributed by atoms with van der Waals surface area (Å²) >= 11 is 0. The summed E-state index contributed by atoms with van der Waals surface area (Å²) in [5, 5.41) is 0.564. The van der Waals surface area contributed by atoms with E-state index in [1.165, 1.54) is 12.1 Å². The van der Waals surface area contributed by atoms with Gasteiger partial charge < -0.3 is 19.0 Å². The lowest BCUT2D eigenvalue weighted by Gasteiger charge is -2.36. The van der Waals surface area contributed by atoms with Crippen LogP contribution in [0.25, 0.3) is 11.0 Å². The van der Waals surface area contributed by atoms with E-state index in [2.05, 4.69) is 0 Å². The van der Waals surface area contributed by atoms with Crippen LogP contribution in [0.15, 0.2) is 57.7 Å². The van der Waals surface area contributed by atoms with Crippen molar-refractivity contribution in [2.75, 3.05) is 37.7 Å². The number of fused-ring (bicyclic) bond motifs is 1. The summed E-state index contributed by atoms with van der Waals surface area (Å²) in [4.78, 5) is 28.7. The predicted molar refractivity (Wildman–Crippen MR) is 108 cm³/mol. The zero-order valence-corrected chi connectivity index (χ0v) is 16.1. The Morgan fingerprint density at radius 3 is 2.59 bits per heavy atom. The number of rotatable bonds is 4. The van der Waals surface area contributed by atoms with E-state index >= 15 is 0 Å². The molecule has 2 aromatic carbocycles. The van der Waals surface area contributed by atoms with Crippen molar-refractivity contribution in [3.05, 3.63) is 70.3 Å². The second-order valence-electron chi connectivity index (χ2n) is 6.80. The number of ether oxygens (including phenoxy) is 1. The summed E-state index contributed by atoms with van der Waals surface area (Å²) in [6.07, 6.45) is 0. The minimum absolute atomic E-state index is 0.236. The quantitative estimate of drug-likeness (QED) is 0.634. The van der Waals surface area contributed by atoms with Crippen LogP contribution >= 0.6 is 0 Å². The van der Waals surface area contributed by atoms with Crippen molar-refractivity contribution in [1.82, 2.24) is 4.90 Å². The molecule has 29 heavy (non-hydrogen) atoms. The molecule has 1 aliphatic heterocycles. The second-order valence-corrected chi connectivity index (χ2v) is 6.80. The Morgan fingerprint density at radius 2 is 1.86 bits per heavy atom. The normalized spacial score (nSPS) is 14.3. The zero-order chi connectivity index (χ0) is 20.4. The molecule has 1 fully saturated rings. The highest BCUT2D eigenvalue weighted by atomic mass is 19.1. The molecule has 0 N–H and O–H groups in total. The van der Waals surface area contributed by atoms with Crippen molar-refractivity contribution in [1.29, 1.82) is 0 Å². The van der Waals surface area contributed by atoms with Crippen LogP contribution in [-0.2, 0) is 0 Å². The summed E-state index contributed by atoms with van der Waals surface area (Å²) in [5.41, 5.74) is 0.573. The number of hydrogen-bond acceptors (Lipinski definition) is 5. The molecule has 2 heterocycles. The van der Waals surface area contributed by atoms with Gasteiger partial charge in [0.05, 0.1) is 17.9 Å². The molecule has 1 aromatic heterocycles. The summed E-state index contributed by atoms with van der Waals surface area (Å²) in [7, 11) is 0. The van der Waals surface area contributed by atoms with E-state index in [-0.39, 0.29) is 11.7 Å². The number of anilines is 1. The lowest BCUT2D eigenvalue weighted by Crippen LogP contribution is -2.49. The van der Waals surface area contributed by atoms with Gasteiger partial charge in [-0.15, -0.1) is 0 Å². The Bertz CT molecular complexity index is 1100. The van der Waals surface area contributed by atoms with Gasteiger partial charge in [-0.1, -0.05) is 12.1 Å². The van der Waals surface area contributed by atoms with Gasteiger partial charge in [-0.3, -0.25) is 4.79 Å². The third kappa shape index (κ3) is 3.81. The van der Waals surface area contributed by atoms with Gasteiger partial charge in [0.1, 0.15) is 17.1 Å². The van der Waals surface area contributed by atoms with Gasteiger partial charge in [-0.2, -0.15) is 0 Å². The number of carbonyl (C=O) groups excluding carboxylic acids is 1. The standard InChI is InChI=1S/C22H21FN2O4/c1-2-28-15-7-8-16-17(14-21(26)29-20(16)13-15)22(27)25-11-9-24(10-12-25)19-6-4-3-5-18(19)23/h3-8,13-14H,2,9-12H2,1H3. The average Bonchev–Trinajstić information content (AvgIpc) is 2.73. The number of amides is 1. The fraction of sp³-hybridized carbons (Fsp3) is 0.273. The molecule has 0 aliphatic carbocycles. The fourth-order valence-corrected chi connectivity index (χ4v) is 3.61. The van der Waals surface area contributed by atoms with Gasteiger partial charge in [0.2, 0.25) is 0 Å². The predicted octanol–water partition coefficient (Wildman–Crippen LogP) is 3.29. The van der Waals surface area contributed by atoms with Crippen LogP contribution in [0.2, 0.25) is 0 Å². The Kier molecular flexibility index (Phi) is 5.20. The van der Waals surface area contributed by atoms with Crippen molar-refractivity contribution >= 4 is 22.6 Å². The molecule has 1 amide bonds. The summed E-state index contributed by atoms with van der Waals surface area (Å²) < 4.78 is 24.7. The van der Waals surface area contributed by atoms with Gasteiger partial charge in [0.25, 0.3) is 5.91 Å². The van der Waals surface area contributed by atoms with E-state index in [1.54, 1.807) is 41.3 Å². The molecule has 4 rings (SSSR count). The van der Waals surface area contributed by atoms with Crippen LogP contribution in [-0.4, -0.2) is 43.6 Å². The van der Waals surface area contributed by atoms with Crippen LogP contribution in [0.4, 0.5) is 10.1 Å². The van der Waals surface area contributed by atoms with Crippen molar-refractivity contribution in [2.45, 2.75) is 6.92 Å². The molecule has 0 spiro atoms. The average molecular weight is 396 g/mol. The van der Waals surface area contributed by atoms with E-state index in [9.17, 15) is 14.0 Å². The van der Waals surface area contributed by atoms with E-state index in [0.717, 1.165) is 0 Å². The molecule has 0 unspecified atom stereocenters. The molecule has 150 valence electrons. The third-order valence-electron chi connectivity index (χ3n) is 5.02. The number of benzene rings is 2. The number of halogens is 1. The van der Waals surface area contributed by atoms with Gasteiger partial charge in [-0.05, 0) is 31.2 Å². The Morgan fingerprint density at radius 1 is 1.10 bits per heavy atom. The van der Waals surface area contributed by atoms with Crippen molar-refractivity contribution < 1.29 is 18.3 Å². The summed E-state index contributed by atoms with van der Waals surface area (Å²) in [5.74, 6) is 0.0653. The van der Waals surface area contributed by atoms with Crippen molar-refractivity contribution in [3.63, 3.8) is 0 Å². The number of hydrogen-bond donors (Lipinski definition) is 0. The van der Waals surface area contributed by atoms with Gasteiger partial charge in [0, 0.05) is 43.7 Å². The smallest absolute Gasteiger partial charge is 0.337 e. The highest BCUT2D eigenvalue weighted by molar-refractivity contribution is 6.05. The van der Waals surface area contributed by atoms with Crippen LogP contribution in [0.1, 0.15) is 17.3 Å². The summed E-state index contributed by atoms with van der Waals surface area (Å²) in [6, 6.07) is 12.9. The number of nitrogens with zero attached hydrogens (tertiary/aromatic N) is 2. The van der Waals surface area contributed by atoms with Crippen molar-refractivity contribution in [3.8, 4) is 5.75 Å². The third-order valence-corrected chi connectivity index (χ3v) is 5.02. The molecule has 0 radical (unpaired) electrons. The van der Waals surface area contributed by atoms with Crippen LogP contribution in [0.3, 0.4) is 0 Å². The maximum atomic E-state index is 14.0. The fourth-order valence-electron chi connectivity index (χ4n) is 3.61. The molecule has 0 atom stereocenters. The molecule has 1 aliphatic rings. The first-order valence-corrected chi connectivity index (χ1v) is 9.56. The topological polar surface area (TPSA) is 63.0 Å². The van der Waals surface area contributed by atoms with Crippen LogP contribution in [0, 0.1) is 5.82 Å². The maximum Gasteiger partial charge on any atom is 0.337 e. The number of para-hydroxylation sites is 1. The lowest BCUT2D eigenvalue weighted by molar-refractivity contribution is 0.0748. The number of carbonyl (C=O) groups is 1. The van der Waals surface area contributed by atoms with E-state index in [1.807, 2.05) is 11.8 Å². The SMILES string of the molecule is CCOc1ccc2c(C(=O)N3CCN(c4ccccc4F)CC3)cc(=O)oc2c1. The van der Waals surface area contributed by atoms with Gasteiger partial charge in [-0.25, -0.2) is 9.18 Å². The molecular weight excluding hydrogens is 375 g/mol. The van der Waals surface area contributed by atoms with E-state index in [0.29, 0.717) is 60.8 Å². The second kappa shape index (κ2) is 7.95. The molecule has 7 heteroatoms. The Balaban J connectivity index is 1.57. The lowest BCUT2D eigenvalue weighted by atomic mass is 10.1. The largest absolute Gasteiger partial charge is 0.494 e. The first kappa shape index (κ1) is 19.0. The van der Waals surface area contributed by atoms with E-state index in [4.69, 9.17) is 9.15 Å². The zero-order valence-electron chi connectivity index (χ0n) is 16.1. The monoisotopic (exact) mass is 396 g/mol. The molecule has 3 aromatic rings. The molecule has 1 saturated heterocycles. The minimum Gasteiger partial charge on any atom is -0.494 e. The van der Waals surface area contributed by atoms with Gasteiger partial charge in [0.15, 0.2) is 0 Å². The first-order chi connectivity index (χ1) is 14.1. The van der Waals surface area contributed by atoms with E-state index < -0.39 is 5.63 Å². The molecular formula is C22H21FN2O4. The Labute approximate surface area is 167 Å². The van der Waals surface area contributed by atoms with Crippen LogP contribution in [0.5, 0.6) is 5.75 Å². The first-order valence-electron chi connectivity index (χ1n) is 9.56.